The summed E-state index contributed by atoms with van der Waals surface area (Å²) in [5.41, 5.74) is 1.09. The number of urea groups is 1. The summed E-state index contributed by atoms with van der Waals surface area (Å²) in [6, 6.07) is 7.98. The third-order valence-corrected chi connectivity index (χ3v) is 3.51. The van der Waals surface area contributed by atoms with E-state index in [1.807, 2.05) is 36.2 Å². The van der Waals surface area contributed by atoms with Gasteiger partial charge in [-0.1, -0.05) is 12.1 Å². The minimum absolute atomic E-state index is 0.127. The van der Waals surface area contributed by atoms with Gasteiger partial charge < -0.3 is 14.5 Å². The van der Waals surface area contributed by atoms with Crippen LogP contribution in [-0.4, -0.2) is 43.1 Å². The molecule has 2 rings (SSSR count). The van der Waals surface area contributed by atoms with Crippen molar-refractivity contribution in [2.45, 2.75) is 25.8 Å². The van der Waals surface area contributed by atoms with Gasteiger partial charge in [-0.2, -0.15) is 0 Å². The molecule has 1 aromatic rings. The Bertz CT molecular complexity index is 428. The van der Waals surface area contributed by atoms with Gasteiger partial charge in [0.05, 0.1) is 7.11 Å². The lowest BCUT2D eigenvalue weighted by molar-refractivity contribution is 0.151. The van der Waals surface area contributed by atoms with Gasteiger partial charge in [0, 0.05) is 26.7 Å². The Morgan fingerprint density at radius 1 is 1.32 bits per heavy atom. The summed E-state index contributed by atoms with van der Waals surface area (Å²) in [5.74, 6) is 0.830. The number of hydrogen-bond donors (Lipinski definition) is 0. The standard InChI is InChI=1S/C15H22N2O2/c1-16(15(18)17-9-4-3-5-10-17)12-13-7-6-8-14(11-13)19-2/h6-8,11H,3-5,9-10,12H2,1-2H3. The molecule has 0 bridgehead atoms. The summed E-state index contributed by atoms with van der Waals surface area (Å²) in [5, 5.41) is 0. The highest BCUT2D eigenvalue weighted by atomic mass is 16.5. The van der Waals surface area contributed by atoms with Crippen molar-refractivity contribution in [3.63, 3.8) is 0 Å². The molecule has 0 aromatic heterocycles. The summed E-state index contributed by atoms with van der Waals surface area (Å²) >= 11 is 0. The lowest BCUT2D eigenvalue weighted by Gasteiger charge is -2.31. The summed E-state index contributed by atoms with van der Waals surface area (Å²) in [7, 11) is 3.51. The molecule has 1 aliphatic rings. The quantitative estimate of drug-likeness (QED) is 0.839. The molecule has 104 valence electrons. The Hall–Kier alpha value is -1.71. The molecular formula is C15H22N2O2. The zero-order valence-electron chi connectivity index (χ0n) is 11.8. The van der Waals surface area contributed by atoms with E-state index in [-0.39, 0.29) is 6.03 Å². The first-order chi connectivity index (χ1) is 9.20. The molecule has 0 atom stereocenters. The van der Waals surface area contributed by atoms with Gasteiger partial charge in [-0.3, -0.25) is 0 Å². The first-order valence-corrected chi connectivity index (χ1v) is 6.83. The maximum absolute atomic E-state index is 12.3. The van der Waals surface area contributed by atoms with Crippen molar-refractivity contribution in [1.29, 1.82) is 0 Å². The number of carbonyl (C=O) groups excluding carboxylic acids is 1. The van der Waals surface area contributed by atoms with E-state index in [0.29, 0.717) is 6.54 Å². The van der Waals surface area contributed by atoms with E-state index in [0.717, 1.165) is 37.2 Å². The summed E-state index contributed by atoms with van der Waals surface area (Å²) in [6.45, 7) is 2.40. The molecule has 0 saturated carbocycles. The minimum Gasteiger partial charge on any atom is -0.497 e. The molecule has 4 heteroatoms. The number of piperidine rings is 1. The molecular weight excluding hydrogens is 240 g/mol. The number of methoxy groups -OCH3 is 1. The first kappa shape index (κ1) is 13.7. The summed E-state index contributed by atoms with van der Waals surface area (Å²) in [4.78, 5) is 16.0. The molecule has 19 heavy (non-hydrogen) atoms. The zero-order chi connectivity index (χ0) is 13.7. The number of ether oxygens (including phenoxy) is 1. The third-order valence-electron chi connectivity index (χ3n) is 3.51. The first-order valence-electron chi connectivity index (χ1n) is 6.83. The molecule has 0 radical (unpaired) electrons. The van der Waals surface area contributed by atoms with E-state index in [4.69, 9.17) is 4.74 Å². The molecule has 2 amide bonds. The number of hydrogen-bond acceptors (Lipinski definition) is 2. The van der Waals surface area contributed by atoms with Crippen LogP contribution in [0.5, 0.6) is 5.75 Å². The van der Waals surface area contributed by atoms with Crippen LogP contribution in [0.4, 0.5) is 4.79 Å². The van der Waals surface area contributed by atoms with Gasteiger partial charge in [-0.05, 0) is 37.0 Å². The Labute approximate surface area is 115 Å². The third kappa shape index (κ3) is 3.63. The SMILES string of the molecule is COc1cccc(CN(C)C(=O)N2CCCCC2)c1. The molecule has 0 unspecified atom stereocenters. The Kier molecular flexibility index (Phi) is 4.66. The summed E-state index contributed by atoms with van der Waals surface area (Å²) < 4.78 is 5.20. The second-order valence-corrected chi connectivity index (χ2v) is 5.04. The predicted molar refractivity (Wildman–Crippen MR) is 75.3 cm³/mol. The van der Waals surface area contributed by atoms with E-state index < -0.39 is 0 Å². The van der Waals surface area contributed by atoms with Gasteiger partial charge in [0.1, 0.15) is 5.75 Å². The number of benzene rings is 1. The number of carbonyl (C=O) groups is 1. The topological polar surface area (TPSA) is 32.8 Å². The lowest BCUT2D eigenvalue weighted by Crippen LogP contribution is -2.43. The van der Waals surface area contributed by atoms with E-state index in [2.05, 4.69) is 0 Å². The molecule has 1 heterocycles. The maximum Gasteiger partial charge on any atom is 0.320 e. The molecule has 1 fully saturated rings. The van der Waals surface area contributed by atoms with Crippen LogP contribution in [0.15, 0.2) is 24.3 Å². The number of nitrogens with zero attached hydrogens (tertiary/aromatic N) is 2. The number of amides is 2. The van der Waals surface area contributed by atoms with Crippen LogP contribution in [0.1, 0.15) is 24.8 Å². The summed E-state index contributed by atoms with van der Waals surface area (Å²) in [6.07, 6.45) is 3.49. The smallest absolute Gasteiger partial charge is 0.320 e. The Morgan fingerprint density at radius 3 is 2.74 bits per heavy atom. The van der Waals surface area contributed by atoms with Crippen molar-refractivity contribution in [3.05, 3.63) is 29.8 Å². The van der Waals surface area contributed by atoms with Gasteiger partial charge in [-0.15, -0.1) is 0 Å². The molecule has 0 aliphatic carbocycles. The van der Waals surface area contributed by atoms with E-state index in [1.165, 1.54) is 6.42 Å². The molecule has 4 nitrogen and oxygen atoms in total. The second-order valence-electron chi connectivity index (χ2n) is 5.04. The predicted octanol–water partition coefficient (Wildman–Crippen LogP) is 2.73. The molecule has 0 spiro atoms. The zero-order valence-corrected chi connectivity index (χ0v) is 11.8. The Morgan fingerprint density at radius 2 is 2.05 bits per heavy atom. The fourth-order valence-corrected chi connectivity index (χ4v) is 2.44. The van der Waals surface area contributed by atoms with Gasteiger partial charge in [0.2, 0.25) is 0 Å². The van der Waals surface area contributed by atoms with Gasteiger partial charge >= 0.3 is 6.03 Å². The highest BCUT2D eigenvalue weighted by Gasteiger charge is 2.19. The van der Waals surface area contributed by atoms with Crippen molar-refractivity contribution >= 4 is 6.03 Å². The fourth-order valence-electron chi connectivity index (χ4n) is 2.44. The second kappa shape index (κ2) is 6.45. The van der Waals surface area contributed by atoms with Crippen LogP contribution in [0, 0.1) is 0 Å². The molecule has 1 aromatic carbocycles. The van der Waals surface area contributed by atoms with Crippen molar-refractivity contribution in [1.82, 2.24) is 9.80 Å². The van der Waals surface area contributed by atoms with Gasteiger partial charge in [0.15, 0.2) is 0 Å². The molecule has 1 aliphatic heterocycles. The average molecular weight is 262 g/mol. The highest BCUT2D eigenvalue weighted by molar-refractivity contribution is 5.74. The van der Waals surface area contributed by atoms with E-state index >= 15 is 0 Å². The van der Waals surface area contributed by atoms with Gasteiger partial charge in [0.25, 0.3) is 0 Å². The molecule has 0 N–H and O–H groups in total. The number of likely N-dealkylation sites (tertiary alicyclic amines) is 1. The Balaban J connectivity index is 1.95. The maximum atomic E-state index is 12.3. The van der Waals surface area contributed by atoms with Crippen molar-refractivity contribution in [2.24, 2.45) is 0 Å². The van der Waals surface area contributed by atoms with Crippen molar-refractivity contribution in [2.75, 3.05) is 27.2 Å². The van der Waals surface area contributed by atoms with Crippen molar-refractivity contribution in [3.8, 4) is 5.75 Å². The van der Waals surface area contributed by atoms with Crippen LogP contribution in [0.2, 0.25) is 0 Å². The average Bonchev–Trinajstić information content (AvgIpc) is 2.47. The van der Waals surface area contributed by atoms with Gasteiger partial charge in [-0.25, -0.2) is 4.79 Å². The monoisotopic (exact) mass is 262 g/mol. The normalized spacial score (nSPS) is 15.2. The number of rotatable bonds is 3. The van der Waals surface area contributed by atoms with Crippen LogP contribution < -0.4 is 4.74 Å². The fraction of sp³-hybridized carbons (Fsp3) is 0.533. The lowest BCUT2D eigenvalue weighted by atomic mass is 10.1. The largest absolute Gasteiger partial charge is 0.497 e. The molecule has 1 saturated heterocycles. The highest BCUT2D eigenvalue weighted by Crippen LogP contribution is 2.16. The van der Waals surface area contributed by atoms with Crippen LogP contribution in [0.3, 0.4) is 0 Å². The van der Waals surface area contributed by atoms with Crippen LogP contribution >= 0.6 is 0 Å². The van der Waals surface area contributed by atoms with E-state index in [9.17, 15) is 4.79 Å². The van der Waals surface area contributed by atoms with Crippen molar-refractivity contribution < 1.29 is 9.53 Å². The van der Waals surface area contributed by atoms with E-state index in [1.54, 1.807) is 12.0 Å². The van der Waals surface area contributed by atoms with Crippen LogP contribution in [0.25, 0.3) is 0 Å². The minimum atomic E-state index is 0.127. The van der Waals surface area contributed by atoms with Crippen LogP contribution in [-0.2, 0) is 6.54 Å².